The molecule has 1 amide bonds. The van der Waals surface area contributed by atoms with Crippen LogP contribution >= 0.6 is 0 Å². The van der Waals surface area contributed by atoms with Crippen molar-refractivity contribution in [2.45, 2.75) is 12.6 Å². The maximum atomic E-state index is 13.8. The Hall–Kier alpha value is -5.10. The van der Waals surface area contributed by atoms with Crippen molar-refractivity contribution in [3.05, 3.63) is 156 Å². The fourth-order valence-corrected chi connectivity index (χ4v) is 5.37. The number of aromatic nitrogens is 4. The van der Waals surface area contributed by atoms with Crippen LogP contribution in [0.3, 0.4) is 0 Å². The average molecular weight is 623 g/mol. The Bertz CT molecular complexity index is 1810. The van der Waals surface area contributed by atoms with E-state index in [9.17, 15) is 13.2 Å². The molecule has 11 heteroatoms. The molecule has 230 valence electrons. The molecular formula is C34H34N6O4S. The molecule has 0 N–H and O–H groups in total. The maximum absolute atomic E-state index is 13.8. The fourth-order valence-electron chi connectivity index (χ4n) is 4.59. The second-order valence-corrected chi connectivity index (χ2v) is 12.3. The highest BCUT2D eigenvalue weighted by molar-refractivity contribution is 7.87. The Kier molecular flexibility index (Phi) is 10.2. The standard InChI is InChI=1S/C34H34N6O4S/c1-37(2)45(42,43)39-25-32(36-27-39)20-21-33(41)40(34(29-15-8-4-9-16-29)30-17-10-5-11-18-30)44-22-12-19-31-24-38(26-35-31)23-28-13-6-3-7-14-28/h3-21,24-27,34H,22-23H2,1-2H3/b19-12+,21-20-. The number of benzene rings is 3. The van der Waals surface area contributed by atoms with Gasteiger partial charge in [0.05, 0.1) is 24.3 Å². The lowest BCUT2D eigenvalue weighted by Crippen LogP contribution is -2.34. The molecule has 0 aliphatic carbocycles. The van der Waals surface area contributed by atoms with Crippen LogP contribution in [0.15, 0.2) is 128 Å². The lowest BCUT2D eigenvalue weighted by molar-refractivity contribution is -0.186. The quantitative estimate of drug-likeness (QED) is 0.134. The Labute approximate surface area is 263 Å². The molecule has 0 unspecified atom stereocenters. The minimum absolute atomic E-state index is 0.0942. The van der Waals surface area contributed by atoms with E-state index in [4.69, 9.17) is 4.84 Å². The van der Waals surface area contributed by atoms with Gasteiger partial charge in [0.2, 0.25) is 0 Å². The molecule has 0 saturated heterocycles. The molecule has 0 aliphatic heterocycles. The number of hydroxylamine groups is 2. The van der Waals surface area contributed by atoms with Gasteiger partial charge in [0, 0.05) is 39.1 Å². The number of carbonyl (C=O) groups excluding carboxylic acids is 1. The van der Waals surface area contributed by atoms with E-state index in [0.29, 0.717) is 12.2 Å². The highest BCUT2D eigenvalue weighted by Gasteiger charge is 2.27. The van der Waals surface area contributed by atoms with E-state index < -0.39 is 22.2 Å². The van der Waals surface area contributed by atoms with Crippen molar-refractivity contribution >= 4 is 28.3 Å². The number of carbonyl (C=O) groups is 1. The Morgan fingerprint density at radius 1 is 0.822 bits per heavy atom. The Morgan fingerprint density at radius 2 is 1.40 bits per heavy atom. The van der Waals surface area contributed by atoms with Crippen molar-refractivity contribution in [1.29, 1.82) is 0 Å². The van der Waals surface area contributed by atoms with E-state index in [0.717, 1.165) is 25.1 Å². The third-order valence-corrected chi connectivity index (χ3v) is 8.50. The average Bonchev–Trinajstić information content (AvgIpc) is 3.73. The summed E-state index contributed by atoms with van der Waals surface area (Å²) in [4.78, 5) is 28.5. The zero-order chi connectivity index (χ0) is 31.6. The van der Waals surface area contributed by atoms with Crippen LogP contribution in [0.1, 0.15) is 34.1 Å². The first-order valence-electron chi connectivity index (χ1n) is 14.2. The van der Waals surface area contributed by atoms with E-state index in [1.54, 1.807) is 12.4 Å². The molecule has 5 rings (SSSR count). The summed E-state index contributed by atoms with van der Waals surface area (Å²) in [7, 11) is -0.865. The van der Waals surface area contributed by atoms with Crippen molar-refractivity contribution in [2.24, 2.45) is 0 Å². The molecule has 0 atom stereocenters. The van der Waals surface area contributed by atoms with Crippen LogP contribution in [0, 0.1) is 0 Å². The predicted octanol–water partition coefficient (Wildman–Crippen LogP) is 5.06. The molecule has 0 bridgehead atoms. The Morgan fingerprint density at radius 3 is 2.02 bits per heavy atom. The third-order valence-electron chi connectivity index (χ3n) is 6.85. The van der Waals surface area contributed by atoms with Gasteiger partial charge in [-0.1, -0.05) is 97.1 Å². The molecule has 45 heavy (non-hydrogen) atoms. The normalized spacial score (nSPS) is 12.1. The lowest BCUT2D eigenvalue weighted by atomic mass is 9.98. The zero-order valence-electron chi connectivity index (χ0n) is 25.0. The van der Waals surface area contributed by atoms with Gasteiger partial charge in [0.25, 0.3) is 5.91 Å². The molecule has 5 aromatic rings. The lowest BCUT2D eigenvalue weighted by Gasteiger charge is -2.30. The van der Waals surface area contributed by atoms with E-state index in [-0.39, 0.29) is 6.61 Å². The van der Waals surface area contributed by atoms with Crippen LogP contribution in [-0.2, 0) is 26.4 Å². The van der Waals surface area contributed by atoms with Crippen molar-refractivity contribution in [1.82, 2.24) is 27.9 Å². The van der Waals surface area contributed by atoms with Crippen molar-refractivity contribution < 1.29 is 18.0 Å². The minimum atomic E-state index is -3.73. The zero-order valence-corrected chi connectivity index (χ0v) is 25.8. The monoisotopic (exact) mass is 622 g/mol. The maximum Gasteiger partial charge on any atom is 0.308 e. The van der Waals surface area contributed by atoms with Gasteiger partial charge in [-0.2, -0.15) is 12.7 Å². The highest BCUT2D eigenvalue weighted by atomic mass is 32.2. The summed E-state index contributed by atoms with van der Waals surface area (Å²) in [6.45, 7) is 0.805. The number of hydrogen-bond acceptors (Lipinski definition) is 6. The number of hydrogen-bond donors (Lipinski definition) is 0. The molecule has 0 saturated carbocycles. The van der Waals surface area contributed by atoms with Crippen molar-refractivity contribution in [3.63, 3.8) is 0 Å². The van der Waals surface area contributed by atoms with Gasteiger partial charge >= 0.3 is 10.2 Å². The summed E-state index contributed by atoms with van der Waals surface area (Å²) in [5.41, 5.74) is 3.95. The smallest absolute Gasteiger partial charge is 0.308 e. The number of nitrogens with zero attached hydrogens (tertiary/aromatic N) is 6. The van der Waals surface area contributed by atoms with Crippen LogP contribution in [0.5, 0.6) is 0 Å². The molecule has 2 aromatic heterocycles. The van der Waals surface area contributed by atoms with Crippen LogP contribution < -0.4 is 0 Å². The van der Waals surface area contributed by atoms with E-state index in [2.05, 4.69) is 22.1 Å². The second kappa shape index (κ2) is 14.6. The van der Waals surface area contributed by atoms with Gasteiger partial charge < -0.3 is 4.57 Å². The van der Waals surface area contributed by atoms with Gasteiger partial charge in [-0.15, -0.1) is 0 Å². The van der Waals surface area contributed by atoms with E-state index in [1.807, 2.05) is 95.7 Å². The SMILES string of the molecule is CN(C)S(=O)(=O)n1cnc(/C=C\C(=O)N(OC/C=C/c2cn(Cc3ccccc3)cn2)C(c2ccccc2)c2ccccc2)c1. The largest absolute Gasteiger partial charge is 0.332 e. The number of imidazole rings is 2. The molecule has 0 aliphatic rings. The Balaban J connectivity index is 1.37. The van der Waals surface area contributed by atoms with Crippen molar-refractivity contribution in [2.75, 3.05) is 20.7 Å². The minimum Gasteiger partial charge on any atom is -0.332 e. The van der Waals surface area contributed by atoms with E-state index >= 15 is 0 Å². The van der Waals surface area contributed by atoms with Crippen LogP contribution in [-0.4, -0.2) is 62.9 Å². The molecule has 2 heterocycles. The molecule has 0 fully saturated rings. The second-order valence-electron chi connectivity index (χ2n) is 10.3. The summed E-state index contributed by atoms with van der Waals surface area (Å²) in [5.74, 6) is -0.446. The van der Waals surface area contributed by atoms with Crippen LogP contribution in [0.2, 0.25) is 0 Å². The number of amides is 1. The summed E-state index contributed by atoms with van der Waals surface area (Å²) in [6.07, 6.45) is 12.7. The highest BCUT2D eigenvalue weighted by Crippen LogP contribution is 2.29. The first-order chi connectivity index (χ1) is 21.8. The summed E-state index contributed by atoms with van der Waals surface area (Å²) in [5, 5.41) is 1.33. The number of rotatable bonds is 13. The third kappa shape index (κ3) is 8.09. The van der Waals surface area contributed by atoms with Gasteiger partial charge in [0.15, 0.2) is 0 Å². The van der Waals surface area contributed by atoms with Gasteiger partial charge in [-0.25, -0.2) is 19.0 Å². The van der Waals surface area contributed by atoms with Crippen LogP contribution in [0.4, 0.5) is 0 Å². The first kappa shape index (κ1) is 31.3. The molecule has 10 nitrogen and oxygen atoms in total. The first-order valence-corrected chi connectivity index (χ1v) is 15.6. The van der Waals surface area contributed by atoms with Gasteiger partial charge in [-0.3, -0.25) is 9.63 Å². The van der Waals surface area contributed by atoms with Crippen LogP contribution in [0.25, 0.3) is 12.2 Å². The molecule has 0 radical (unpaired) electrons. The predicted molar refractivity (Wildman–Crippen MR) is 174 cm³/mol. The molecular weight excluding hydrogens is 588 g/mol. The fraction of sp³-hybridized carbons (Fsp3) is 0.147. The molecule has 0 spiro atoms. The summed E-state index contributed by atoms with van der Waals surface area (Å²) in [6, 6.07) is 28.8. The topological polar surface area (TPSA) is 103 Å². The van der Waals surface area contributed by atoms with E-state index in [1.165, 1.54) is 49.4 Å². The summed E-state index contributed by atoms with van der Waals surface area (Å²) >= 11 is 0. The van der Waals surface area contributed by atoms with Gasteiger partial charge in [0.1, 0.15) is 12.4 Å². The van der Waals surface area contributed by atoms with Crippen molar-refractivity contribution in [3.8, 4) is 0 Å². The molecule has 3 aromatic carbocycles. The summed E-state index contributed by atoms with van der Waals surface area (Å²) < 4.78 is 29.0. The van der Waals surface area contributed by atoms with Gasteiger partial charge in [-0.05, 0) is 28.8 Å².